The quantitative estimate of drug-likeness (QED) is 0.819. The fourth-order valence-corrected chi connectivity index (χ4v) is 3.31. The van der Waals surface area contributed by atoms with E-state index in [-0.39, 0.29) is 6.04 Å². The van der Waals surface area contributed by atoms with Gasteiger partial charge in [0, 0.05) is 22.1 Å². The van der Waals surface area contributed by atoms with E-state index < -0.39 is 0 Å². The van der Waals surface area contributed by atoms with E-state index in [1.54, 1.807) is 18.4 Å². The molecule has 2 aromatic rings. The Bertz CT molecular complexity index is 585. The molecule has 0 radical (unpaired) electrons. The molecule has 0 amide bonds. The maximum atomic E-state index is 6.13. The zero-order chi connectivity index (χ0) is 15.2. The molecular weight excluding hydrogens is 304 g/mol. The van der Waals surface area contributed by atoms with Crippen molar-refractivity contribution in [3.8, 4) is 5.75 Å². The number of hydrogen-bond donors (Lipinski definition) is 1. The lowest BCUT2D eigenvalue weighted by atomic mass is 10.0. The van der Waals surface area contributed by atoms with Crippen LogP contribution >= 0.6 is 22.9 Å². The zero-order valence-electron chi connectivity index (χ0n) is 12.6. The number of ether oxygens (including phenoxy) is 1. The van der Waals surface area contributed by atoms with Crippen molar-refractivity contribution in [3.63, 3.8) is 0 Å². The minimum absolute atomic E-state index is 0.239. The van der Waals surface area contributed by atoms with Gasteiger partial charge in [0.1, 0.15) is 5.75 Å². The summed E-state index contributed by atoms with van der Waals surface area (Å²) in [7, 11) is 1.69. The topological polar surface area (TPSA) is 34.1 Å². The fraction of sp³-hybridized carbons (Fsp3) is 0.438. The lowest BCUT2D eigenvalue weighted by Crippen LogP contribution is -2.23. The predicted molar refractivity (Wildman–Crippen MR) is 89.6 cm³/mol. The van der Waals surface area contributed by atoms with Gasteiger partial charge in [0.05, 0.1) is 12.1 Å². The van der Waals surface area contributed by atoms with Gasteiger partial charge in [0.25, 0.3) is 0 Å². The Balaban J connectivity index is 2.24. The van der Waals surface area contributed by atoms with Gasteiger partial charge in [0.15, 0.2) is 0 Å². The molecule has 3 nitrogen and oxygen atoms in total. The first-order valence-electron chi connectivity index (χ1n) is 7.12. The summed E-state index contributed by atoms with van der Waals surface area (Å²) in [5, 5.41) is 5.42. The number of nitrogens with one attached hydrogen (secondary N) is 1. The Morgan fingerprint density at radius 2 is 2.24 bits per heavy atom. The molecule has 1 atom stereocenters. The second-order valence-electron chi connectivity index (χ2n) is 4.95. The molecule has 1 N–H and O–H groups in total. The first-order valence-corrected chi connectivity index (χ1v) is 8.31. The highest BCUT2D eigenvalue weighted by Gasteiger charge is 2.17. The van der Waals surface area contributed by atoms with Crippen LogP contribution in [0.3, 0.4) is 0 Å². The average molecular weight is 325 g/mol. The van der Waals surface area contributed by atoms with Crippen molar-refractivity contribution in [3.05, 3.63) is 44.9 Å². The number of rotatable bonds is 7. The van der Waals surface area contributed by atoms with Crippen LogP contribution in [0.25, 0.3) is 0 Å². The van der Waals surface area contributed by atoms with Gasteiger partial charge in [-0.1, -0.05) is 18.5 Å². The van der Waals surface area contributed by atoms with Crippen LogP contribution in [0, 0.1) is 6.92 Å². The van der Waals surface area contributed by atoms with Crippen molar-refractivity contribution in [2.45, 2.75) is 32.7 Å². The van der Waals surface area contributed by atoms with Crippen molar-refractivity contribution in [1.29, 1.82) is 0 Å². The Morgan fingerprint density at radius 3 is 2.86 bits per heavy atom. The van der Waals surface area contributed by atoms with E-state index in [2.05, 4.69) is 17.2 Å². The summed E-state index contributed by atoms with van der Waals surface area (Å²) >= 11 is 7.86. The van der Waals surface area contributed by atoms with Gasteiger partial charge in [-0.25, -0.2) is 4.98 Å². The van der Waals surface area contributed by atoms with Gasteiger partial charge in [-0.05, 0) is 50.1 Å². The highest BCUT2D eigenvalue weighted by atomic mass is 35.5. The molecule has 1 aromatic heterocycles. The molecule has 0 saturated carbocycles. The number of benzene rings is 1. The molecule has 114 valence electrons. The third-order valence-corrected chi connectivity index (χ3v) is 4.55. The number of aryl methyl sites for hydroxylation is 1. The van der Waals surface area contributed by atoms with E-state index >= 15 is 0 Å². The third-order valence-electron chi connectivity index (χ3n) is 3.29. The van der Waals surface area contributed by atoms with E-state index in [1.165, 1.54) is 4.88 Å². The first-order chi connectivity index (χ1) is 10.1. The van der Waals surface area contributed by atoms with Gasteiger partial charge in [-0.3, -0.25) is 0 Å². The van der Waals surface area contributed by atoms with Crippen LogP contribution in [0.15, 0.2) is 24.4 Å². The molecule has 0 aliphatic heterocycles. The maximum absolute atomic E-state index is 6.13. The maximum Gasteiger partial charge on any atom is 0.122 e. The molecular formula is C16H21ClN2OS. The van der Waals surface area contributed by atoms with Crippen molar-refractivity contribution in [2.75, 3.05) is 13.7 Å². The fourth-order valence-electron chi connectivity index (χ4n) is 2.26. The van der Waals surface area contributed by atoms with Crippen LogP contribution < -0.4 is 10.1 Å². The summed E-state index contributed by atoms with van der Waals surface area (Å²) in [4.78, 5) is 5.62. The predicted octanol–water partition coefficient (Wildman–Crippen LogP) is 4.40. The third kappa shape index (κ3) is 4.43. The molecule has 0 aliphatic carbocycles. The molecule has 1 unspecified atom stereocenters. The van der Waals surface area contributed by atoms with Crippen molar-refractivity contribution >= 4 is 22.9 Å². The zero-order valence-corrected chi connectivity index (χ0v) is 14.2. The van der Waals surface area contributed by atoms with Crippen molar-refractivity contribution in [1.82, 2.24) is 10.3 Å². The summed E-state index contributed by atoms with van der Waals surface area (Å²) in [6, 6.07) is 6.00. The highest BCUT2D eigenvalue weighted by molar-refractivity contribution is 7.11. The van der Waals surface area contributed by atoms with Gasteiger partial charge in [-0.2, -0.15) is 0 Å². The van der Waals surface area contributed by atoms with Gasteiger partial charge in [0.2, 0.25) is 0 Å². The number of methoxy groups -OCH3 is 1. The second-order valence-corrected chi connectivity index (χ2v) is 6.65. The summed E-state index contributed by atoms with van der Waals surface area (Å²) in [6.07, 6.45) is 3.90. The summed E-state index contributed by atoms with van der Waals surface area (Å²) in [5.41, 5.74) is 1.12. The number of halogens is 1. The first kappa shape index (κ1) is 16.3. The Kier molecular flexibility index (Phi) is 6.03. The Labute approximate surface area is 135 Å². The summed E-state index contributed by atoms with van der Waals surface area (Å²) in [5.74, 6) is 0.879. The van der Waals surface area contributed by atoms with Crippen LogP contribution in [0.2, 0.25) is 5.02 Å². The average Bonchev–Trinajstić information content (AvgIpc) is 2.90. The van der Waals surface area contributed by atoms with Crippen LogP contribution in [-0.2, 0) is 6.42 Å². The number of aromatic nitrogens is 1. The molecule has 0 aliphatic rings. The standard InChI is InChI=1S/C16H21ClN2OS/c1-4-7-18-14(16-10-19-11(2)21-16)9-12-8-13(17)5-6-15(12)20-3/h5-6,8,10,14,18H,4,7,9H2,1-3H3. The van der Waals surface area contributed by atoms with Crippen LogP contribution in [0.5, 0.6) is 5.75 Å². The molecule has 0 spiro atoms. The lowest BCUT2D eigenvalue weighted by molar-refractivity contribution is 0.405. The van der Waals surface area contributed by atoms with Gasteiger partial charge in [-0.15, -0.1) is 11.3 Å². The summed E-state index contributed by atoms with van der Waals surface area (Å²) in [6.45, 7) is 5.18. The molecule has 2 rings (SSSR count). The largest absolute Gasteiger partial charge is 0.496 e. The van der Waals surface area contributed by atoms with E-state index in [0.29, 0.717) is 0 Å². The highest BCUT2D eigenvalue weighted by Crippen LogP contribution is 2.29. The molecule has 5 heteroatoms. The van der Waals surface area contributed by atoms with Crippen LogP contribution in [-0.4, -0.2) is 18.6 Å². The summed E-state index contributed by atoms with van der Waals surface area (Å²) < 4.78 is 5.45. The molecule has 0 saturated heterocycles. The van der Waals surface area contributed by atoms with Crippen LogP contribution in [0.4, 0.5) is 0 Å². The van der Waals surface area contributed by atoms with Crippen LogP contribution in [0.1, 0.15) is 34.8 Å². The minimum atomic E-state index is 0.239. The lowest BCUT2D eigenvalue weighted by Gasteiger charge is -2.18. The monoisotopic (exact) mass is 324 g/mol. The smallest absolute Gasteiger partial charge is 0.122 e. The van der Waals surface area contributed by atoms with E-state index in [9.17, 15) is 0 Å². The minimum Gasteiger partial charge on any atom is -0.496 e. The molecule has 1 aromatic carbocycles. The van der Waals surface area contributed by atoms with Crippen molar-refractivity contribution in [2.24, 2.45) is 0 Å². The normalized spacial score (nSPS) is 12.4. The van der Waals surface area contributed by atoms with E-state index in [0.717, 1.165) is 40.7 Å². The number of thiazole rings is 1. The molecule has 1 heterocycles. The Hall–Kier alpha value is -1.10. The molecule has 0 fully saturated rings. The van der Waals surface area contributed by atoms with E-state index in [4.69, 9.17) is 16.3 Å². The van der Waals surface area contributed by atoms with E-state index in [1.807, 2.05) is 31.3 Å². The second kappa shape index (κ2) is 7.78. The van der Waals surface area contributed by atoms with Gasteiger partial charge < -0.3 is 10.1 Å². The molecule has 0 bridgehead atoms. The number of nitrogens with zero attached hydrogens (tertiary/aromatic N) is 1. The number of hydrogen-bond acceptors (Lipinski definition) is 4. The molecule has 21 heavy (non-hydrogen) atoms. The Morgan fingerprint density at radius 1 is 1.43 bits per heavy atom. The van der Waals surface area contributed by atoms with Gasteiger partial charge >= 0.3 is 0 Å². The van der Waals surface area contributed by atoms with Crippen molar-refractivity contribution < 1.29 is 4.74 Å². The SMILES string of the molecule is CCCNC(Cc1cc(Cl)ccc1OC)c1cnc(C)s1.